The summed E-state index contributed by atoms with van der Waals surface area (Å²) in [6.45, 7) is 0.525. The molecule has 4 rings (SSSR count). The lowest BCUT2D eigenvalue weighted by Gasteiger charge is -2.23. The van der Waals surface area contributed by atoms with Crippen molar-refractivity contribution in [2.75, 3.05) is 6.61 Å². The standard InChI is InChI=1S/C19H21NO2/c1-2-13-3-4-15-10-16(6-5-14(15)9-13)17-7-8-19(11-17)12-22-18(21)20-19/h1,5-6,10,13,17H,3-4,7-9,11-12H2,(H,20,21)/t13-,17+,19-/m1/s1. The molecule has 1 heterocycles. The van der Waals surface area contributed by atoms with E-state index in [2.05, 4.69) is 29.4 Å². The van der Waals surface area contributed by atoms with Gasteiger partial charge in [-0.25, -0.2) is 4.79 Å². The fraction of sp³-hybridized carbons (Fsp3) is 0.526. The molecule has 1 aliphatic heterocycles. The van der Waals surface area contributed by atoms with Crippen molar-refractivity contribution in [2.45, 2.75) is 50.0 Å². The van der Waals surface area contributed by atoms with Gasteiger partial charge in [-0.15, -0.1) is 12.3 Å². The van der Waals surface area contributed by atoms with Crippen molar-refractivity contribution in [2.24, 2.45) is 5.92 Å². The minimum absolute atomic E-state index is 0.119. The molecule has 1 saturated carbocycles. The van der Waals surface area contributed by atoms with Crippen LogP contribution in [0.4, 0.5) is 4.79 Å². The summed E-state index contributed by atoms with van der Waals surface area (Å²) in [5.41, 5.74) is 4.18. The summed E-state index contributed by atoms with van der Waals surface area (Å²) >= 11 is 0. The quantitative estimate of drug-likeness (QED) is 0.808. The van der Waals surface area contributed by atoms with Gasteiger partial charge in [0.25, 0.3) is 0 Å². The number of alkyl carbamates (subject to hydrolysis) is 1. The number of hydrogen-bond donors (Lipinski definition) is 1. The SMILES string of the molecule is C#C[C@@H]1CCc2cc([C@H]3CC[C@]4(COC(=O)N4)C3)ccc2C1. The smallest absolute Gasteiger partial charge is 0.407 e. The summed E-state index contributed by atoms with van der Waals surface area (Å²) in [7, 11) is 0. The molecule has 3 heteroatoms. The Morgan fingerprint density at radius 1 is 1.32 bits per heavy atom. The van der Waals surface area contributed by atoms with E-state index in [1.165, 1.54) is 16.7 Å². The largest absolute Gasteiger partial charge is 0.447 e. The van der Waals surface area contributed by atoms with E-state index < -0.39 is 0 Å². The normalized spacial score (nSPS) is 33.1. The number of carbonyl (C=O) groups excluding carboxylic acids is 1. The van der Waals surface area contributed by atoms with Gasteiger partial charge in [0.2, 0.25) is 0 Å². The second-order valence-corrected chi connectivity index (χ2v) is 7.06. The number of aryl methyl sites for hydroxylation is 1. The maximum atomic E-state index is 11.3. The molecule has 1 N–H and O–H groups in total. The van der Waals surface area contributed by atoms with Gasteiger partial charge in [0.15, 0.2) is 0 Å². The zero-order valence-corrected chi connectivity index (χ0v) is 12.7. The van der Waals surface area contributed by atoms with Crippen molar-refractivity contribution in [1.29, 1.82) is 0 Å². The predicted molar refractivity (Wildman–Crippen MR) is 84.6 cm³/mol. The van der Waals surface area contributed by atoms with Gasteiger partial charge in [-0.3, -0.25) is 0 Å². The zero-order valence-electron chi connectivity index (χ0n) is 12.7. The van der Waals surface area contributed by atoms with Crippen LogP contribution >= 0.6 is 0 Å². The number of hydrogen-bond acceptors (Lipinski definition) is 2. The molecule has 114 valence electrons. The summed E-state index contributed by atoms with van der Waals surface area (Å²) in [6.07, 6.45) is 11.7. The summed E-state index contributed by atoms with van der Waals surface area (Å²) < 4.78 is 5.12. The number of terminal acetylenes is 1. The minimum atomic E-state index is -0.258. The topological polar surface area (TPSA) is 38.3 Å². The first-order valence-corrected chi connectivity index (χ1v) is 8.20. The zero-order chi connectivity index (χ0) is 15.2. The van der Waals surface area contributed by atoms with Gasteiger partial charge in [0.05, 0.1) is 5.54 Å². The van der Waals surface area contributed by atoms with Crippen LogP contribution in [0.15, 0.2) is 18.2 Å². The minimum Gasteiger partial charge on any atom is -0.447 e. The van der Waals surface area contributed by atoms with E-state index in [1.807, 2.05) is 0 Å². The van der Waals surface area contributed by atoms with E-state index in [9.17, 15) is 4.79 Å². The molecule has 1 aromatic carbocycles. The van der Waals surface area contributed by atoms with Crippen LogP contribution in [0.3, 0.4) is 0 Å². The number of amides is 1. The van der Waals surface area contributed by atoms with Crippen LogP contribution in [0, 0.1) is 18.3 Å². The summed E-state index contributed by atoms with van der Waals surface area (Å²) in [6, 6.07) is 6.91. The molecule has 22 heavy (non-hydrogen) atoms. The van der Waals surface area contributed by atoms with Gasteiger partial charge < -0.3 is 10.1 Å². The molecular weight excluding hydrogens is 274 g/mol. The molecule has 3 atom stereocenters. The molecular formula is C19H21NO2. The van der Waals surface area contributed by atoms with E-state index in [0.717, 1.165) is 38.5 Å². The maximum Gasteiger partial charge on any atom is 0.407 e. The van der Waals surface area contributed by atoms with E-state index in [0.29, 0.717) is 18.4 Å². The highest BCUT2D eigenvalue weighted by atomic mass is 16.6. The Balaban J connectivity index is 1.53. The summed E-state index contributed by atoms with van der Waals surface area (Å²) in [4.78, 5) is 11.3. The Kier molecular flexibility index (Phi) is 3.14. The number of fused-ring (bicyclic) bond motifs is 1. The number of rotatable bonds is 1. The van der Waals surface area contributed by atoms with Crippen LogP contribution in [0.1, 0.15) is 48.3 Å². The van der Waals surface area contributed by atoms with Gasteiger partial charge in [-0.2, -0.15) is 0 Å². The lowest BCUT2D eigenvalue weighted by atomic mass is 9.82. The number of ether oxygens (including phenoxy) is 1. The van der Waals surface area contributed by atoms with Crippen LogP contribution in [0.25, 0.3) is 0 Å². The Labute approximate surface area is 131 Å². The fourth-order valence-corrected chi connectivity index (χ4v) is 4.32. The van der Waals surface area contributed by atoms with Crippen LogP contribution in [0.2, 0.25) is 0 Å². The first-order chi connectivity index (χ1) is 10.7. The molecule has 1 amide bonds. The van der Waals surface area contributed by atoms with Gasteiger partial charge in [0.1, 0.15) is 6.61 Å². The van der Waals surface area contributed by atoms with Crippen molar-refractivity contribution >= 4 is 6.09 Å². The highest BCUT2D eigenvalue weighted by Gasteiger charge is 2.46. The predicted octanol–water partition coefficient (Wildman–Crippen LogP) is 3.17. The number of carbonyl (C=O) groups is 1. The van der Waals surface area contributed by atoms with Crippen molar-refractivity contribution in [3.8, 4) is 12.3 Å². The Hall–Kier alpha value is -1.95. The van der Waals surface area contributed by atoms with E-state index in [4.69, 9.17) is 11.2 Å². The first kappa shape index (κ1) is 13.7. The highest BCUT2D eigenvalue weighted by molar-refractivity contribution is 5.70. The molecule has 0 radical (unpaired) electrons. The van der Waals surface area contributed by atoms with Crippen LogP contribution in [-0.4, -0.2) is 18.2 Å². The third kappa shape index (κ3) is 2.27. The maximum absolute atomic E-state index is 11.3. The average Bonchev–Trinajstić information content (AvgIpc) is 3.13. The van der Waals surface area contributed by atoms with Crippen molar-refractivity contribution in [3.63, 3.8) is 0 Å². The molecule has 0 aromatic heterocycles. The highest BCUT2D eigenvalue weighted by Crippen LogP contribution is 2.43. The van der Waals surface area contributed by atoms with Crippen LogP contribution in [0.5, 0.6) is 0 Å². The third-order valence-electron chi connectivity index (χ3n) is 5.62. The number of cyclic esters (lactones) is 1. The van der Waals surface area contributed by atoms with Gasteiger partial charge >= 0.3 is 6.09 Å². The monoisotopic (exact) mass is 295 g/mol. The molecule has 1 aromatic rings. The fourth-order valence-electron chi connectivity index (χ4n) is 4.32. The third-order valence-corrected chi connectivity index (χ3v) is 5.62. The van der Waals surface area contributed by atoms with E-state index in [-0.39, 0.29) is 11.6 Å². The van der Waals surface area contributed by atoms with Gasteiger partial charge in [0, 0.05) is 5.92 Å². The molecule has 0 bridgehead atoms. The summed E-state index contributed by atoms with van der Waals surface area (Å²) in [5.74, 6) is 3.82. The molecule has 1 saturated heterocycles. The van der Waals surface area contributed by atoms with Crippen molar-refractivity contribution in [3.05, 3.63) is 34.9 Å². The molecule has 2 aliphatic carbocycles. The van der Waals surface area contributed by atoms with Gasteiger partial charge in [-0.1, -0.05) is 18.2 Å². The molecule has 3 aliphatic rings. The molecule has 3 nitrogen and oxygen atoms in total. The Bertz CT molecular complexity index is 660. The van der Waals surface area contributed by atoms with Crippen LogP contribution in [-0.2, 0) is 17.6 Å². The van der Waals surface area contributed by atoms with Gasteiger partial charge in [-0.05, 0) is 61.1 Å². The molecule has 2 fully saturated rings. The van der Waals surface area contributed by atoms with Crippen LogP contribution < -0.4 is 5.32 Å². The van der Waals surface area contributed by atoms with E-state index in [1.54, 1.807) is 0 Å². The Morgan fingerprint density at radius 3 is 3.00 bits per heavy atom. The second-order valence-electron chi connectivity index (χ2n) is 7.06. The second kappa shape index (κ2) is 5.05. The number of benzene rings is 1. The van der Waals surface area contributed by atoms with Crippen molar-refractivity contribution in [1.82, 2.24) is 5.32 Å². The molecule has 1 spiro atoms. The average molecular weight is 295 g/mol. The lowest BCUT2D eigenvalue weighted by Crippen LogP contribution is -2.40. The lowest BCUT2D eigenvalue weighted by molar-refractivity contribution is 0.172. The first-order valence-electron chi connectivity index (χ1n) is 8.20. The van der Waals surface area contributed by atoms with Crippen molar-refractivity contribution < 1.29 is 9.53 Å². The molecule has 0 unspecified atom stereocenters. The Morgan fingerprint density at radius 2 is 2.23 bits per heavy atom. The van der Waals surface area contributed by atoms with E-state index >= 15 is 0 Å². The number of nitrogens with one attached hydrogen (secondary N) is 1. The summed E-state index contributed by atoms with van der Waals surface area (Å²) in [5, 5.41) is 3.02.